The fraction of sp³-hybridized carbons (Fsp3) is 0.368. The number of aromatic nitrogens is 4. The fourth-order valence-electron chi connectivity index (χ4n) is 3.04. The zero-order valence-electron chi connectivity index (χ0n) is 17.0. The molecule has 3 aromatic rings. The minimum atomic E-state index is -0.432. The molecule has 0 fully saturated rings. The number of methoxy groups -OCH3 is 1. The normalized spacial score (nSPS) is 11.1. The van der Waals surface area contributed by atoms with Crippen LogP contribution in [0, 0.1) is 6.92 Å². The van der Waals surface area contributed by atoms with Crippen molar-refractivity contribution in [1.29, 1.82) is 0 Å². The summed E-state index contributed by atoms with van der Waals surface area (Å²) in [6.45, 7) is 1.90. The van der Waals surface area contributed by atoms with Gasteiger partial charge >= 0.3 is 5.69 Å². The van der Waals surface area contributed by atoms with Crippen molar-refractivity contribution < 1.29 is 9.53 Å². The van der Waals surface area contributed by atoms with E-state index in [2.05, 4.69) is 10.3 Å². The predicted molar refractivity (Wildman–Crippen MR) is 113 cm³/mol. The number of benzene rings is 1. The fourth-order valence-corrected chi connectivity index (χ4v) is 3.94. The summed E-state index contributed by atoms with van der Waals surface area (Å²) in [6, 6.07) is 5.46. The first-order valence-electron chi connectivity index (χ1n) is 8.94. The minimum Gasteiger partial charge on any atom is -0.497 e. The van der Waals surface area contributed by atoms with Gasteiger partial charge in [0.25, 0.3) is 5.56 Å². The lowest BCUT2D eigenvalue weighted by atomic mass is 10.2. The third-order valence-electron chi connectivity index (χ3n) is 4.69. The maximum Gasteiger partial charge on any atom is 0.332 e. The van der Waals surface area contributed by atoms with Crippen molar-refractivity contribution in [2.24, 2.45) is 21.1 Å². The number of imidazole rings is 1. The van der Waals surface area contributed by atoms with Crippen LogP contribution in [0.2, 0.25) is 0 Å². The van der Waals surface area contributed by atoms with Gasteiger partial charge in [0.2, 0.25) is 5.91 Å². The Bertz CT molecular complexity index is 1210. The summed E-state index contributed by atoms with van der Waals surface area (Å²) in [5.41, 5.74) is 1.51. The molecule has 0 saturated carbocycles. The summed E-state index contributed by atoms with van der Waals surface area (Å²) in [6.07, 6.45) is 0.274. The molecule has 0 aliphatic carbocycles. The van der Waals surface area contributed by atoms with Gasteiger partial charge in [0.1, 0.15) is 5.75 Å². The molecule has 0 aliphatic rings. The summed E-state index contributed by atoms with van der Waals surface area (Å²) < 4.78 is 9.30. The molecule has 1 amide bonds. The van der Waals surface area contributed by atoms with Crippen molar-refractivity contribution in [1.82, 2.24) is 18.7 Å². The summed E-state index contributed by atoms with van der Waals surface area (Å²) in [4.78, 5) is 41.1. The molecule has 0 aliphatic heterocycles. The molecule has 9 nitrogen and oxygen atoms in total. The average Bonchev–Trinajstić information content (AvgIpc) is 3.03. The van der Waals surface area contributed by atoms with Crippen molar-refractivity contribution in [3.05, 3.63) is 44.6 Å². The number of nitrogens with one attached hydrogen (secondary N) is 1. The van der Waals surface area contributed by atoms with Crippen molar-refractivity contribution in [3.63, 3.8) is 0 Å². The Labute approximate surface area is 171 Å². The van der Waals surface area contributed by atoms with Gasteiger partial charge in [0.15, 0.2) is 16.3 Å². The first kappa shape index (κ1) is 20.7. The molecule has 0 atom stereocenters. The van der Waals surface area contributed by atoms with E-state index >= 15 is 0 Å². The molecule has 3 rings (SSSR count). The number of nitrogens with zero attached hydrogens (tertiary/aromatic N) is 4. The number of thioether (sulfide) groups is 1. The van der Waals surface area contributed by atoms with Gasteiger partial charge in [-0.2, -0.15) is 0 Å². The molecule has 0 spiro atoms. The first-order chi connectivity index (χ1) is 13.7. The lowest BCUT2D eigenvalue weighted by molar-refractivity contribution is -0.115. The zero-order valence-corrected chi connectivity index (χ0v) is 17.8. The van der Waals surface area contributed by atoms with E-state index in [9.17, 15) is 14.4 Å². The van der Waals surface area contributed by atoms with Gasteiger partial charge in [-0.1, -0.05) is 11.8 Å². The highest BCUT2D eigenvalue weighted by molar-refractivity contribution is 7.99. The molecular formula is C19H23N5O4S. The maximum absolute atomic E-state index is 12.3. The van der Waals surface area contributed by atoms with Crippen LogP contribution in [0.5, 0.6) is 5.75 Å². The standard InChI is InChI=1S/C19H23N5O4S/c1-11-10-12(28-5)6-7-13(11)20-14(25)8-9-29-18-21-15-16(22(18)2)23(3)19(27)24(4)17(15)26/h6-7,10H,8-9H2,1-5H3,(H,20,25). The van der Waals surface area contributed by atoms with Gasteiger partial charge in [-0.05, 0) is 30.7 Å². The van der Waals surface area contributed by atoms with Crippen LogP contribution in [-0.2, 0) is 25.9 Å². The van der Waals surface area contributed by atoms with Crippen molar-refractivity contribution >= 4 is 34.5 Å². The van der Waals surface area contributed by atoms with Crippen LogP contribution < -0.4 is 21.3 Å². The molecule has 2 heterocycles. The molecule has 1 N–H and O–H groups in total. The third kappa shape index (κ3) is 3.93. The molecule has 1 aromatic carbocycles. The van der Waals surface area contributed by atoms with E-state index in [0.29, 0.717) is 16.6 Å². The molecule has 0 saturated heterocycles. The number of hydrogen-bond acceptors (Lipinski definition) is 6. The minimum absolute atomic E-state index is 0.118. The zero-order chi connectivity index (χ0) is 21.3. The SMILES string of the molecule is COc1ccc(NC(=O)CCSc2nc3c(=O)n(C)c(=O)n(C)c3n2C)c(C)c1. The smallest absolute Gasteiger partial charge is 0.332 e. The predicted octanol–water partition coefficient (Wildman–Crippen LogP) is 1.41. The monoisotopic (exact) mass is 417 g/mol. The molecule has 154 valence electrons. The van der Waals surface area contributed by atoms with Gasteiger partial charge in [-0.25, -0.2) is 9.78 Å². The average molecular weight is 417 g/mol. The summed E-state index contributed by atoms with van der Waals surface area (Å²) in [5.74, 6) is 1.10. The topological polar surface area (TPSA) is 100 Å². The largest absolute Gasteiger partial charge is 0.497 e. The number of ether oxygens (including phenoxy) is 1. The van der Waals surface area contributed by atoms with E-state index in [1.165, 1.54) is 23.4 Å². The van der Waals surface area contributed by atoms with Crippen LogP contribution in [0.3, 0.4) is 0 Å². The molecule has 0 unspecified atom stereocenters. The van der Waals surface area contributed by atoms with Gasteiger partial charge in [-0.3, -0.25) is 18.7 Å². The third-order valence-corrected chi connectivity index (χ3v) is 5.72. The Morgan fingerprint density at radius 2 is 1.90 bits per heavy atom. The number of fused-ring (bicyclic) bond motifs is 1. The van der Waals surface area contributed by atoms with Gasteiger partial charge in [-0.15, -0.1) is 0 Å². The Morgan fingerprint density at radius 3 is 2.55 bits per heavy atom. The molecular weight excluding hydrogens is 394 g/mol. The van der Waals surface area contributed by atoms with Crippen molar-refractivity contribution in [2.45, 2.75) is 18.5 Å². The van der Waals surface area contributed by atoms with Crippen LogP contribution in [0.15, 0.2) is 32.9 Å². The van der Waals surface area contributed by atoms with E-state index < -0.39 is 11.2 Å². The molecule has 10 heteroatoms. The number of carbonyl (C=O) groups is 1. The van der Waals surface area contributed by atoms with Crippen molar-refractivity contribution in [3.8, 4) is 5.75 Å². The summed E-state index contributed by atoms with van der Waals surface area (Å²) in [7, 11) is 6.37. The van der Waals surface area contributed by atoms with E-state index in [0.717, 1.165) is 21.6 Å². The van der Waals surface area contributed by atoms with Crippen LogP contribution in [0.25, 0.3) is 11.2 Å². The van der Waals surface area contributed by atoms with Gasteiger partial charge < -0.3 is 14.6 Å². The molecule has 0 radical (unpaired) electrons. The highest BCUT2D eigenvalue weighted by Gasteiger charge is 2.17. The van der Waals surface area contributed by atoms with Gasteiger partial charge in [0.05, 0.1) is 7.11 Å². The van der Waals surface area contributed by atoms with Crippen molar-refractivity contribution in [2.75, 3.05) is 18.2 Å². The van der Waals surface area contributed by atoms with Crippen LogP contribution in [0.1, 0.15) is 12.0 Å². The van der Waals surface area contributed by atoms with E-state index in [4.69, 9.17) is 4.74 Å². The second-order valence-corrected chi connectivity index (χ2v) is 7.72. The quantitative estimate of drug-likeness (QED) is 0.609. The molecule has 29 heavy (non-hydrogen) atoms. The Hall–Kier alpha value is -3.01. The lowest BCUT2D eigenvalue weighted by Crippen LogP contribution is -2.37. The lowest BCUT2D eigenvalue weighted by Gasteiger charge is -2.10. The number of anilines is 1. The Morgan fingerprint density at radius 1 is 1.17 bits per heavy atom. The second-order valence-electron chi connectivity index (χ2n) is 6.66. The highest BCUT2D eigenvalue weighted by atomic mass is 32.2. The Kier molecular flexibility index (Phi) is 5.83. The van der Waals surface area contributed by atoms with E-state index in [1.807, 2.05) is 13.0 Å². The highest BCUT2D eigenvalue weighted by Crippen LogP contribution is 2.23. The summed E-state index contributed by atoms with van der Waals surface area (Å²) >= 11 is 1.36. The second kappa shape index (κ2) is 8.16. The van der Waals surface area contributed by atoms with Crippen LogP contribution in [-0.4, -0.2) is 37.5 Å². The number of amides is 1. The number of carbonyl (C=O) groups excluding carboxylic acids is 1. The molecule has 2 aromatic heterocycles. The Balaban J connectivity index is 1.70. The van der Waals surface area contributed by atoms with Crippen LogP contribution >= 0.6 is 11.8 Å². The number of rotatable bonds is 6. The number of hydrogen-bond donors (Lipinski definition) is 1. The van der Waals surface area contributed by atoms with E-state index in [-0.39, 0.29) is 17.8 Å². The first-order valence-corrected chi connectivity index (χ1v) is 9.93. The maximum atomic E-state index is 12.3. The van der Waals surface area contributed by atoms with Gasteiger partial charge in [0, 0.05) is 39.0 Å². The summed E-state index contributed by atoms with van der Waals surface area (Å²) in [5, 5.41) is 3.46. The van der Waals surface area contributed by atoms with E-state index in [1.54, 1.807) is 37.9 Å². The molecule has 0 bridgehead atoms. The number of aryl methyl sites for hydroxylation is 3. The van der Waals surface area contributed by atoms with Crippen LogP contribution in [0.4, 0.5) is 5.69 Å².